The van der Waals surface area contributed by atoms with E-state index in [1.165, 1.54) is 12.1 Å². The third-order valence-corrected chi connectivity index (χ3v) is 1.36. The van der Waals surface area contributed by atoms with Gasteiger partial charge in [0.05, 0.1) is 0 Å². The Morgan fingerprint density at radius 3 is 2.23 bits per heavy atom. The molecule has 0 aromatic heterocycles. The summed E-state index contributed by atoms with van der Waals surface area (Å²) in [5.74, 6) is -0.632. The van der Waals surface area contributed by atoms with Crippen molar-refractivity contribution in [3.63, 3.8) is 0 Å². The van der Waals surface area contributed by atoms with Crippen LogP contribution in [0.25, 0.3) is 0 Å². The number of hydrogen-bond acceptors (Lipinski definition) is 0. The predicted molar refractivity (Wildman–Crippen MR) is 39.2 cm³/mol. The van der Waals surface area contributed by atoms with Gasteiger partial charge in [0.25, 0.3) is 0 Å². The summed E-state index contributed by atoms with van der Waals surface area (Å²) in [4.78, 5) is 0. The standard InChI is InChI=1S/C7H6BF4.K/c9-7-3-1-2-6(4-7)5-8(10,11)12;/h1-4H,5H2;/q-1;+1. The summed E-state index contributed by atoms with van der Waals surface area (Å²) < 4.78 is 47.8. The zero-order chi connectivity index (χ0) is 9.19. The summed E-state index contributed by atoms with van der Waals surface area (Å²) in [6.45, 7) is -4.86. The molecule has 0 heterocycles. The van der Waals surface area contributed by atoms with Crippen molar-refractivity contribution >= 4 is 6.98 Å². The molecule has 0 aliphatic carbocycles. The van der Waals surface area contributed by atoms with Gasteiger partial charge in [-0.15, -0.1) is 0 Å². The fourth-order valence-electron chi connectivity index (χ4n) is 0.931. The summed E-state index contributed by atoms with van der Waals surface area (Å²) in [5.41, 5.74) is -0.0255. The third kappa shape index (κ3) is 5.85. The number of hydrogen-bond donors (Lipinski definition) is 0. The summed E-state index contributed by atoms with van der Waals surface area (Å²) in [6, 6.07) is 4.55. The third-order valence-electron chi connectivity index (χ3n) is 1.36. The van der Waals surface area contributed by atoms with Gasteiger partial charge in [-0.1, -0.05) is 24.0 Å². The van der Waals surface area contributed by atoms with Crippen molar-refractivity contribution in [2.45, 2.75) is 6.32 Å². The van der Waals surface area contributed by atoms with E-state index in [0.29, 0.717) is 0 Å². The molecule has 1 aromatic carbocycles. The van der Waals surface area contributed by atoms with Crippen LogP contribution in [-0.2, 0) is 6.32 Å². The van der Waals surface area contributed by atoms with E-state index in [2.05, 4.69) is 0 Å². The maximum atomic E-state index is 12.4. The first-order chi connectivity index (χ1) is 5.47. The second-order valence-corrected chi connectivity index (χ2v) is 2.54. The Balaban J connectivity index is 0.00000144. The fourth-order valence-corrected chi connectivity index (χ4v) is 0.931. The molecule has 0 fully saturated rings. The Labute approximate surface area is 116 Å². The number of halogens is 4. The number of rotatable bonds is 2. The van der Waals surface area contributed by atoms with Gasteiger partial charge in [-0.05, 0) is 12.1 Å². The van der Waals surface area contributed by atoms with Crippen LogP contribution in [0.2, 0.25) is 0 Å². The van der Waals surface area contributed by atoms with E-state index in [9.17, 15) is 17.3 Å². The van der Waals surface area contributed by atoms with Crippen molar-refractivity contribution in [2.75, 3.05) is 0 Å². The molecule has 0 bridgehead atoms. The van der Waals surface area contributed by atoms with Crippen molar-refractivity contribution in [1.29, 1.82) is 0 Å². The second-order valence-electron chi connectivity index (χ2n) is 2.54. The maximum absolute atomic E-state index is 12.4. The molecule has 0 saturated carbocycles. The van der Waals surface area contributed by atoms with Crippen LogP contribution in [0.15, 0.2) is 24.3 Å². The van der Waals surface area contributed by atoms with Gasteiger partial charge in [0.15, 0.2) is 0 Å². The first-order valence-corrected chi connectivity index (χ1v) is 3.43. The van der Waals surface area contributed by atoms with Gasteiger partial charge >= 0.3 is 58.4 Å². The molecule has 0 aliphatic heterocycles. The van der Waals surface area contributed by atoms with Crippen LogP contribution in [0.3, 0.4) is 0 Å². The normalized spacial score (nSPS) is 10.8. The van der Waals surface area contributed by atoms with E-state index >= 15 is 0 Å². The molecule has 13 heavy (non-hydrogen) atoms. The van der Waals surface area contributed by atoms with Crippen molar-refractivity contribution in [3.8, 4) is 0 Å². The van der Waals surface area contributed by atoms with Gasteiger partial charge < -0.3 is 12.9 Å². The molecule has 0 atom stereocenters. The molecule has 6 heteroatoms. The molecule has 66 valence electrons. The second kappa shape index (κ2) is 5.50. The van der Waals surface area contributed by atoms with E-state index in [4.69, 9.17) is 0 Å². The summed E-state index contributed by atoms with van der Waals surface area (Å²) in [6.07, 6.45) is -1.02. The Morgan fingerprint density at radius 1 is 1.15 bits per heavy atom. The fraction of sp³-hybridized carbons (Fsp3) is 0.143. The first kappa shape index (κ1) is 13.6. The Morgan fingerprint density at radius 2 is 1.77 bits per heavy atom. The molecule has 1 rings (SSSR count). The zero-order valence-electron chi connectivity index (χ0n) is 7.11. The van der Waals surface area contributed by atoms with Crippen LogP contribution in [0.1, 0.15) is 5.56 Å². The van der Waals surface area contributed by atoms with Crippen LogP contribution in [0, 0.1) is 5.82 Å². The summed E-state index contributed by atoms with van der Waals surface area (Å²) in [7, 11) is 0. The topological polar surface area (TPSA) is 0 Å². The molecule has 0 nitrogen and oxygen atoms in total. The van der Waals surface area contributed by atoms with Crippen LogP contribution in [0.5, 0.6) is 0 Å². The van der Waals surface area contributed by atoms with Gasteiger partial charge in [-0.3, -0.25) is 0 Å². The van der Waals surface area contributed by atoms with E-state index in [1.54, 1.807) is 0 Å². The van der Waals surface area contributed by atoms with Gasteiger partial charge in [0.1, 0.15) is 5.82 Å². The Kier molecular flexibility index (Phi) is 5.78. The van der Waals surface area contributed by atoms with Crippen molar-refractivity contribution < 1.29 is 68.7 Å². The quantitative estimate of drug-likeness (QED) is 0.472. The maximum Gasteiger partial charge on any atom is 1.00 e. The first-order valence-electron chi connectivity index (χ1n) is 3.43. The van der Waals surface area contributed by atoms with Crippen LogP contribution < -0.4 is 51.4 Å². The van der Waals surface area contributed by atoms with Gasteiger partial charge in [0, 0.05) is 0 Å². The molecule has 0 N–H and O–H groups in total. The predicted octanol–water partition coefficient (Wildman–Crippen LogP) is -0.241. The SMILES string of the molecule is Fc1cccc(C[B-](F)(F)F)c1.[K+]. The summed E-state index contributed by atoms with van der Waals surface area (Å²) >= 11 is 0. The van der Waals surface area contributed by atoms with E-state index in [0.717, 1.165) is 12.1 Å². The Hall–Kier alpha value is 0.641. The minimum atomic E-state index is -4.86. The van der Waals surface area contributed by atoms with Gasteiger partial charge in [-0.2, -0.15) is 0 Å². The molecule has 1 aromatic rings. The molecule has 0 amide bonds. The van der Waals surface area contributed by atoms with E-state index < -0.39 is 19.1 Å². The van der Waals surface area contributed by atoms with E-state index in [1.807, 2.05) is 0 Å². The summed E-state index contributed by atoms with van der Waals surface area (Å²) in [5, 5.41) is 0. The number of benzene rings is 1. The molecule has 0 saturated heterocycles. The molecular weight excluding hydrogens is 210 g/mol. The minimum absolute atomic E-state index is 0. The average Bonchev–Trinajstić information content (AvgIpc) is 1.82. The van der Waals surface area contributed by atoms with Gasteiger partial charge in [0.2, 0.25) is 0 Å². The van der Waals surface area contributed by atoms with Crippen LogP contribution in [0.4, 0.5) is 17.3 Å². The molecule has 0 spiro atoms. The smallest absolute Gasteiger partial charge is 0.449 e. The molecule has 0 aliphatic rings. The van der Waals surface area contributed by atoms with Gasteiger partial charge in [-0.25, -0.2) is 4.39 Å². The largest absolute Gasteiger partial charge is 1.00 e. The van der Waals surface area contributed by atoms with Crippen molar-refractivity contribution in [1.82, 2.24) is 0 Å². The monoisotopic (exact) mass is 216 g/mol. The van der Waals surface area contributed by atoms with E-state index in [-0.39, 0.29) is 56.9 Å². The van der Waals surface area contributed by atoms with Crippen molar-refractivity contribution in [3.05, 3.63) is 35.6 Å². The zero-order valence-corrected chi connectivity index (χ0v) is 10.2. The molecule has 0 unspecified atom stereocenters. The minimum Gasteiger partial charge on any atom is -0.449 e. The molecule has 0 radical (unpaired) electrons. The van der Waals surface area contributed by atoms with Crippen LogP contribution >= 0.6 is 0 Å². The van der Waals surface area contributed by atoms with Crippen LogP contribution in [-0.4, -0.2) is 6.98 Å². The van der Waals surface area contributed by atoms with Crippen molar-refractivity contribution in [2.24, 2.45) is 0 Å². The molecular formula is C7H6BF4K. The average molecular weight is 216 g/mol. The Bertz CT molecular complexity index is 273.